The number of urea groups is 1. The number of hydrogen-bond acceptors (Lipinski definition) is 3. The highest BCUT2D eigenvalue weighted by molar-refractivity contribution is 6.33. The van der Waals surface area contributed by atoms with Crippen LogP contribution in [-0.2, 0) is 6.54 Å². The second-order valence-corrected chi connectivity index (χ2v) is 4.88. The van der Waals surface area contributed by atoms with Gasteiger partial charge in [0, 0.05) is 6.54 Å². The molecule has 1 heterocycles. The van der Waals surface area contributed by atoms with Crippen molar-refractivity contribution in [2.24, 2.45) is 0 Å². The lowest BCUT2D eigenvalue weighted by Gasteiger charge is -2.09. The van der Waals surface area contributed by atoms with Crippen LogP contribution in [-0.4, -0.2) is 12.8 Å². The molecular formula is C15H13ClN2O3. The highest BCUT2D eigenvalue weighted by Gasteiger charge is 2.13. The van der Waals surface area contributed by atoms with Gasteiger partial charge < -0.3 is 20.1 Å². The molecule has 5 nitrogen and oxygen atoms in total. The minimum Gasteiger partial charge on any atom is -0.454 e. The molecule has 0 radical (unpaired) electrons. The Labute approximate surface area is 126 Å². The molecular weight excluding hydrogens is 292 g/mol. The zero-order valence-electron chi connectivity index (χ0n) is 11.1. The molecule has 21 heavy (non-hydrogen) atoms. The van der Waals surface area contributed by atoms with Crippen molar-refractivity contribution in [3.63, 3.8) is 0 Å². The van der Waals surface area contributed by atoms with Gasteiger partial charge in [-0.1, -0.05) is 29.8 Å². The van der Waals surface area contributed by atoms with Crippen molar-refractivity contribution in [1.82, 2.24) is 5.32 Å². The topological polar surface area (TPSA) is 59.6 Å². The van der Waals surface area contributed by atoms with Crippen LogP contribution in [0.1, 0.15) is 5.56 Å². The van der Waals surface area contributed by atoms with Crippen LogP contribution in [0.3, 0.4) is 0 Å². The lowest BCUT2D eigenvalue weighted by atomic mass is 10.2. The van der Waals surface area contributed by atoms with Crippen LogP contribution < -0.4 is 20.1 Å². The number of rotatable bonds is 3. The van der Waals surface area contributed by atoms with E-state index in [2.05, 4.69) is 10.6 Å². The van der Waals surface area contributed by atoms with Gasteiger partial charge in [0.2, 0.25) is 6.79 Å². The van der Waals surface area contributed by atoms with Crippen molar-refractivity contribution in [2.45, 2.75) is 6.54 Å². The normalized spacial score (nSPS) is 12.0. The third kappa shape index (κ3) is 3.20. The molecule has 0 atom stereocenters. The summed E-state index contributed by atoms with van der Waals surface area (Å²) in [6.45, 7) is 0.617. The Kier molecular flexibility index (Phi) is 3.83. The molecule has 6 heteroatoms. The summed E-state index contributed by atoms with van der Waals surface area (Å²) in [5.41, 5.74) is 1.50. The third-order valence-electron chi connectivity index (χ3n) is 3.01. The van der Waals surface area contributed by atoms with Crippen molar-refractivity contribution in [2.75, 3.05) is 12.1 Å². The Hall–Kier alpha value is -2.40. The fourth-order valence-electron chi connectivity index (χ4n) is 1.96. The number of benzene rings is 2. The zero-order valence-corrected chi connectivity index (χ0v) is 11.8. The van der Waals surface area contributed by atoms with E-state index in [1.165, 1.54) is 0 Å². The van der Waals surface area contributed by atoms with Crippen molar-refractivity contribution in [1.29, 1.82) is 0 Å². The monoisotopic (exact) mass is 304 g/mol. The van der Waals surface area contributed by atoms with E-state index in [0.717, 1.165) is 11.3 Å². The number of anilines is 1. The molecule has 0 unspecified atom stereocenters. The summed E-state index contributed by atoms with van der Waals surface area (Å²) < 4.78 is 10.5. The summed E-state index contributed by atoms with van der Waals surface area (Å²) in [6, 6.07) is 12.3. The number of nitrogens with one attached hydrogen (secondary N) is 2. The predicted octanol–water partition coefficient (Wildman–Crippen LogP) is 3.39. The van der Waals surface area contributed by atoms with Crippen molar-refractivity contribution >= 4 is 23.3 Å². The largest absolute Gasteiger partial charge is 0.454 e. The SMILES string of the molecule is O=C(NCc1ccc2c(c1)OCO2)Nc1ccccc1Cl. The molecule has 0 saturated carbocycles. The quantitative estimate of drug-likeness (QED) is 0.914. The van der Waals surface area contributed by atoms with Crippen LogP contribution in [0.15, 0.2) is 42.5 Å². The van der Waals surface area contributed by atoms with Crippen molar-refractivity contribution < 1.29 is 14.3 Å². The Morgan fingerprint density at radius 1 is 1.14 bits per heavy atom. The van der Waals surface area contributed by atoms with Crippen LogP contribution in [0.4, 0.5) is 10.5 Å². The number of amides is 2. The highest BCUT2D eigenvalue weighted by Crippen LogP contribution is 2.32. The molecule has 108 valence electrons. The maximum Gasteiger partial charge on any atom is 0.319 e. The summed E-state index contributed by atoms with van der Waals surface area (Å²) in [5.74, 6) is 1.42. The number of carbonyl (C=O) groups excluding carboxylic acids is 1. The Bertz CT molecular complexity index is 676. The van der Waals surface area contributed by atoms with Gasteiger partial charge in [0.05, 0.1) is 10.7 Å². The Balaban J connectivity index is 1.58. The second-order valence-electron chi connectivity index (χ2n) is 4.48. The maximum atomic E-state index is 11.8. The first kappa shape index (κ1) is 13.6. The smallest absolute Gasteiger partial charge is 0.319 e. The Morgan fingerprint density at radius 3 is 2.81 bits per heavy atom. The number of para-hydroxylation sites is 1. The van der Waals surface area contributed by atoms with Gasteiger partial charge in [-0.25, -0.2) is 4.79 Å². The van der Waals surface area contributed by atoms with Crippen LogP contribution >= 0.6 is 11.6 Å². The van der Waals surface area contributed by atoms with E-state index in [1.807, 2.05) is 18.2 Å². The summed E-state index contributed by atoms with van der Waals surface area (Å²) >= 11 is 5.98. The molecule has 0 spiro atoms. The van der Waals surface area contributed by atoms with E-state index < -0.39 is 0 Å². The molecule has 0 aliphatic carbocycles. The Morgan fingerprint density at radius 2 is 1.95 bits per heavy atom. The summed E-state index contributed by atoms with van der Waals surface area (Å²) in [7, 11) is 0. The number of halogens is 1. The van der Waals surface area contributed by atoms with E-state index in [1.54, 1.807) is 24.3 Å². The van der Waals surface area contributed by atoms with E-state index in [-0.39, 0.29) is 12.8 Å². The van der Waals surface area contributed by atoms with Crippen LogP contribution in [0.25, 0.3) is 0 Å². The first-order chi connectivity index (χ1) is 10.2. The average Bonchev–Trinajstić information content (AvgIpc) is 2.95. The highest BCUT2D eigenvalue weighted by atomic mass is 35.5. The van der Waals surface area contributed by atoms with E-state index in [4.69, 9.17) is 21.1 Å². The van der Waals surface area contributed by atoms with Gasteiger partial charge in [-0.2, -0.15) is 0 Å². The minimum atomic E-state index is -0.319. The van der Waals surface area contributed by atoms with Gasteiger partial charge in [0.1, 0.15) is 0 Å². The van der Waals surface area contributed by atoms with Gasteiger partial charge in [-0.05, 0) is 29.8 Å². The van der Waals surface area contributed by atoms with Crippen LogP contribution in [0.2, 0.25) is 5.02 Å². The van der Waals surface area contributed by atoms with Gasteiger partial charge in [0.15, 0.2) is 11.5 Å². The summed E-state index contributed by atoms with van der Waals surface area (Å²) in [6.07, 6.45) is 0. The number of fused-ring (bicyclic) bond motifs is 1. The number of hydrogen-bond donors (Lipinski definition) is 2. The first-order valence-corrected chi connectivity index (χ1v) is 6.78. The molecule has 0 bridgehead atoms. The zero-order chi connectivity index (χ0) is 14.7. The fourth-order valence-corrected chi connectivity index (χ4v) is 2.15. The minimum absolute atomic E-state index is 0.235. The van der Waals surface area contributed by atoms with E-state index >= 15 is 0 Å². The number of ether oxygens (including phenoxy) is 2. The molecule has 2 aromatic carbocycles. The predicted molar refractivity (Wildman–Crippen MR) is 79.9 cm³/mol. The molecule has 2 aromatic rings. The molecule has 0 aromatic heterocycles. The average molecular weight is 305 g/mol. The van der Waals surface area contributed by atoms with E-state index in [9.17, 15) is 4.79 Å². The van der Waals surface area contributed by atoms with Gasteiger partial charge in [0.25, 0.3) is 0 Å². The molecule has 1 aliphatic rings. The lowest BCUT2D eigenvalue weighted by Crippen LogP contribution is -2.28. The number of carbonyl (C=O) groups is 1. The fraction of sp³-hybridized carbons (Fsp3) is 0.133. The maximum absolute atomic E-state index is 11.8. The molecule has 2 amide bonds. The molecule has 0 fully saturated rings. The summed E-state index contributed by atoms with van der Waals surface area (Å²) in [4.78, 5) is 11.8. The van der Waals surface area contributed by atoms with Gasteiger partial charge in [-0.15, -0.1) is 0 Å². The standard InChI is InChI=1S/C15H13ClN2O3/c16-11-3-1-2-4-12(11)18-15(19)17-8-10-5-6-13-14(7-10)21-9-20-13/h1-7H,8-9H2,(H2,17,18,19). The van der Waals surface area contributed by atoms with Crippen molar-refractivity contribution in [3.05, 3.63) is 53.1 Å². The molecule has 1 aliphatic heterocycles. The molecule has 0 saturated heterocycles. The van der Waals surface area contributed by atoms with Gasteiger partial charge in [-0.3, -0.25) is 0 Å². The summed E-state index contributed by atoms with van der Waals surface area (Å²) in [5, 5.41) is 5.95. The van der Waals surface area contributed by atoms with Crippen LogP contribution in [0.5, 0.6) is 11.5 Å². The second kappa shape index (κ2) is 5.93. The third-order valence-corrected chi connectivity index (χ3v) is 3.34. The first-order valence-electron chi connectivity index (χ1n) is 6.40. The molecule has 3 rings (SSSR count). The van der Waals surface area contributed by atoms with Gasteiger partial charge >= 0.3 is 6.03 Å². The molecule has 2 N–H and O–H groups in total. The van der Waals surface area contributed by atoms with Crippen LogP contribution in [0, 0.1) is 0 Å². The lowest BCUT2D eigenvalue weighted by molar-refractivity contribution is 0.174. The van der Waals surface area contributed by atoms with Crippen molar-refractivity contribution in [3.8, 4) is 11.5 Å². The van der Waals surface area contributed by atoms with E-state index in [0.29, 0.717) is 23.0 Å².